The predicted octanol–water partition coefficient (Wildman–Crippen LogP) is 4.83. The molecule has 2 aliphatic heterocycles. The molecule has 7 nitrogen and oxygen atoms in total. The van der Waals surface area contributed by atoms with Gasteiger partial charge in [0.15, 0.2) is 23.3 Å². The number of ether oxygens (including phenoxy) is 2. The number of fused-ring (bicyclic) bond motifs is 1. The van der Waals surface area contributed by atoms with Crippen LogP contribution < -0.4 is 14.5 Å². The number of aryl methyl sites for hydroxylation is 1. The van der Waals surface area contributed by atoms with Gasteiger partial charge in [0.25, 0.3) is 0 Å². The lowest BCUT2D eigenvalue weighted by Crippen LogP contribution is -2.55. The summed E-state index contributed by atoms with van der Waals surface area (Å²) in [4.78, 5) is 26.3. The van der Waals surface area contributed by atoms with Gasteiger partial charge in [-0.05, 0) is 39.0 Å². The highest BCUT2D eigenvalue weighted by molar-refractivity contribution is 6.05. The van der Waals surface area contributed by atoms with Crippen LogP contribution in [0.1, 0.15) is 52.6 Å². The Morgan fingerprint density at radius 2 is 1.81 bits per heavy atom. The summed E-state index contributed by atoms with van der Waals surface area (Å²) in [5.74, 6) is -2.34. The molecule has 0 spiro atoms. The summed E-state index contributed by atoms with van der Waals surface area (Å²) < 4.78 is 51.1. The molecule has 1 amide bonds. The van der Waals surface area contributed by atoms with Crippen molar-refractivity contribution in [2.24, 2.45) is 5.92 Å². The minimum Gasteiger partial charge on any atom is -0.490 e. The molecule has 10 heteroatoms. The Labute approximate surface area is 210 Å². The summed E-state index contributed by atoms with van der Waals surface area (Å²) >= 11 is 0. The van der Waals surface area contributed by atoms with Gasteiger partial charge in [0.1, 0.15) is 23.3 Å². The summed E-state index contributed by atoms with van der Waals surface area (Å²) in [7, 11) is 1.87. The minimum absolute atomic E-state index is 0. The van der Waals surface area contributed by atoms with Crippen molar-refractivity contribution in [3.63, 3.8) is 0 Å². The van der Waals surface area contributed by atoms with Gasteiger partial charge in [-0.1, -0.05) is 14.9 Å². The van der Waals surface area contributed by atoms with Crippen LogP contribution in [0.5, 0.6) is 5.75 Å². The van der Waals surface area contributed by atoms with E-state index in [-0.39, 0.29) is 50.6 Å². The van der Waals surface area contributed by atoms with Crippen molar-refractivity contribution in [1.29, 1.82) is 0 Å². The van der Waals surface area contributed by atoms with Gasteiger partial charge in [-0.3, -0.25) is 4.79 Å². The summed E-state index contributed by atoms with van der Waals surface area (Å²) in [6.45, 7) is 4.91. The van der Waals surface area contributed by atoms with Crippen LogP contribution in [0.25, 0.3) is 0 Å². The van der Waals surface area contributed by atoms with E-state index in [1.165, 1.54) is 0 Å². The van der Waals surface area contributed by atoms with Crippen molar-refractivity contribution in [2.75, 3.05) is 30.1 Å². The monoisotopic (exact) mass is 508 g/mol. The molecule has 1 saturated heterocycles. The second-order valence-electron chi connectivity index (χ2n) is 9.39. The number of carbonyl (C=O) groups is 1. The number of aromatic nitrogens is 2. The molecule has 0 radical (unpaired) electrons. The maximum atomic E-state index is 13.4. The molecule has 3 heterocycles. The van der Waals surface area contributed by atoms with Gasteiger partial charge in [-0.15, -0.1) is 0 Å². The fourth-order valence-corrected chi connectivity index (χ4v) is 4.96. The van der Waals surface area contributed by atoms with E-state index < -0.39 is 17.5 Å². The second-order valence-corrected chi connectivity index (χ2v) is 9.39. The Balaban J connectivity index is 0.00000180. The van der Waals surface area contributed by atoms with Crippen molar-refractivity contribution in [3.8, 4) is 5.75 Å². The molecular formula is C26H35F3N4O3. The lowest BCUT2D eigenvalue weighted by atomic mass is 9.80. The molecule has 2 atom stereocenters. The van der Waals surface area contributed by atoms with Crippen LogP contribution in [-0.4, -0.2) is 54.3 Å². The highest BCUT2D eigenvalue weighted by atomic mass is 19.2. The first-order valence-corrected chi connectivity index (χ1v) is 11.5. The lowest BCUT2D eigenvalue weighted by Gasteiger charge is -2.42. The van der Waals surface area contributed by atoms with Gasteiger partial charge in [-0.2, -0.15) is 0 Å². The number of hydrogen-bond donors (Lipinski definition) is 0. The van der Waals surface area contributed by atoms with Gasteiger partial charge >= 0.3 is 0 Å². The standard InChI is InChI=1S/C24H27F3N4O3.2CH4/c1-12-22-23(30(3)13(2)24(32)31(22)15-4-5-33-11-15)29-20(28-12)8-14-6-16(7-14)34-17-9-18(25)21(27)19(26)10-17;;/h9-10,13-16H,4-8,11H2,1-3H3;2*1H4/t13-,14?,15?,16?;;/m0../s1. The number of halogens is 3. The third kappa shape index (κ3) is 4.87. The number of amides is 1. The molecule has 1 aliphatic carbocycles. The Morgan fingerprint density at radius 3 is 2.42 bits per heavy atom. The topological polar surface area (TPSA) is 67.8 Å². The van der Waals surface area contributed by atoms with Gasteiger partial charge in [-0.25, -0.2) is 23.1 Å². The van der Waals surface area contributed by atoms with E-state index in [1.807, 2.05) is 30.7 Å². The molecule has 1 saturated carbocycles. The zero-order valence-electron chi connectivity index (χ0n) is 19.4. The van der Waals surface area contributed by atoms with Gasteiger partial charge in [0, 0.05) is 32.2 Å². The van der Waals surface area contributed by atoms with Crippen molar-refractivity contribution < 1.29 is 27.4 Å². The number of benzene rings is 1. The third-order valence-electron chi connectivity index (χ3n) is 7.03. The molecule has 36 heavy (non-hydrogen) atoms. The number of nitrogens with zero attached hydrogens (tertiary/aromatic N) is 4. The maximum absolute atomic E-state index is 13.4. The van der Waals surface area contributed by atoms with Crippen LogP contribution in [0.3, 0.4) is 0 Å². The average molecular weight is 509 g/mol. The van der Waals surface area contributed by atoms with Crippen LogP contribution in [0.4, 0.5) is 24.7 Å². The molecule has 1 aromatic heterocycles. The van der Waals surface area contributed by atoms with Gasteiger partial charge in [0.05, 0.1) is 24.4 Å². The molecule has 0 bridgehead atoms. The Bertz CT molecular complexity index is 1100. The van der Waals surface area contributed by atoms with E-state index in [2.05, 4.69) is 0 Å². The van der Waals surface area contributed by atoms with Crippen LogP contribution >= 0.6 is 0 Å². The van der Waals surface area contributed by atoms with Crippen molar-refractivity contribution in [1.82, 2.24) is 9.97 Å². The molecule has 2 aromatic rings. The first kappa shape index (κ1) is 27.7. The average Bonchev–Trinajstić information content (AvgIpc) is 3.29. The first-order valence-electron chi connectivity index (χ1n) is 11.5. The quantitative estimate of drug-likeness (QED) is 0.539. The molecule has 2 fully saturated rings. The summed E-state index contributed by atoms with van der Waals surface area (Å²) in [5.41, 5.74) is 1.50. The Kier molecular flexibility index (Phi) is 8.17. The molecule has 198 valence electrons. The van der Waals surface area contributed by atoms with Gasteiger partial charge in [0.2, 0.25) is 5.91 Å². The van der Waals surface area contributed by atoms with E-state index in [4.69, 9.17) is 19.4 Å². The minimum atomic E-state index is -1.50. The number of rotatable bonds is 5. The van der Waals surface area contributed by atoms with Crippen LogP contribution in [0, 0.1) is 30.3 Å². The zero-order chi connectivity index (χ0) is 24.1. The Morgan fingerprint density at radius 1 is 1.14 bits per heavy atom. The highest BCUT2D eigenvalue weighted by Crippen LogP contribution is 2.40. The molecule has 3 aliphatic rings. The molecule has 1 aromatic carbocycles. The number of likely N-dealkylation sites (N-methyl/N-ethyl adjacent to an activating group) is 1. The summed E-state index contributed by atoms with van der Waals surface area (Å²) in [6.07, 6.45) is 2.56. The summed E-state index contributed by atoms with van der Waals surface area (Å²) in [6, 6.07) is 1.37. The van der Waals surface area contributed by atoms with Crippen LogP contribution in [0.2, 0.25) is 0 Å². The van der Waals surface area contributed by atoms with Gasteiger partial charge < -0.3 is 19.3 Å². The van der Waals surface area contributed by atoms with Crippen molar-refractivity contribution in [2.45, 2.75) is 72.6 Å². The molecule has 1 unspecified atom stereocenters. The van der Waals surface area contributed by atoms with Crippen molar-refractivity contribution >= 4 is 17.4 Å². The summed E-state index contributed by atoms with van der Waals surface area (Å²) in [5, 5.41) is 0. The number of carbonyl (C=O) groups excluding carboxylic acids is 1. The number of anilines is 2. The molecule has 5 rings (SSSR count). The SMILES string of the molecule is C.C.Cc1nc(CC2CC(Oc3cc(F)c(F)c(F)c3)C2)nc2c1N(C1CCOC1)C(=O)[C@H](C)N2C. The van der Waals surface area contributed by atoms with Crippen LogP contribution in [-0.2, 0) is 16.0 Å². The zero-order valence-corrected chi connectivity index (χ0v) is 19.4. The highest BCUT2D eigenvalue weighted by Gasteiger charge is 2.41. The predicted molar refractivity (Wildman–Crippen MR) is 132 cm³/mol. The largest absolute Gasteiger partial charge is 0.490 e. The smallest absolute Gasteiger partial charge is 0.249 e. The van der Waals surface area contributed by atoms with E-state index in [1.54, 1.807) is 0 Å². The van der Waals surface area contributed by atoms with E-state index in [0.29, 0.717) is 38.3 Å². The maximum Gasteiger partial charge on any atom is 0.249 e. The van der Waals surface area contributed by atoms with E-state index in [0.717, 1.165) is 35.8 Å². The second kappa shape index (κ2) is 10.6. The number of hydrogen-bond acceptors (Lipinski definition) is 6. The van der Waals surface area contributed by atoms with Crippen molar-refractivity contribution in [3.05, 3.63) is 41.1 Å². The Hall–Kier alpha value is -2.88. The fourth-order valence-electron chi connectivity index (χ4n) is 4.96. The lowest BCUT2D eigenvalue weighted by molar-refractivity contribution is -0.120. The fraction of sp³-hybridized carbons (Fsp3) is 0.577. The third-order valence-corrected chi connectivity index (χ3v) is 7.03. The normalized spacial score (nSPS) is 25.0. The first-order chi connectivity index (χ1) is 16.2. The van der Waals surface area contributed by atoms with Crippen LogP contribution in [0.15, 0.2) is 12.1 Å². The molecular weight excluding hydrogens is 473 g/mol. The van der Waals surface area contributed by atoms with E-state index in [9.17, 15) is 18.0 Å². The molecule has 0 N–H and O–H groups in total. The van der Waals surface area contributed by atoms with E-state index >= 15 is 0 Å².